The first-order valence-electron chi connectivity index (χ1n) is 7.81. The Morgan fingerprint density at radius 2 is 1.46 bits per heavy atom. The summed E-state index contributed by atoms with van der Waals surface area (Å²) in [5, 5.41) is 4.41. The van der Waals surface area contributed by atoms with E-state index >= 15 is 0 Å². The maximum Gasteiger partial charge on any atom is 0.150 e. The van der Waals surface area contributed by atoms with Gasteiger partial charge in [0.05, 0.1) is 39.1 Å². The molecule has 7 heteroatoms. The predicted molar refractivity (Wildman–Crippen MR) is 103 cm³/mol. The molecule has 2 aromatic carbocycles. The van der Waals surface area contributed by atoms with E-state index in [1.807, 2.05) is 18.2 Å². The Kier molecular flexibility index (Phi) is 5.23. The average Bonchev–Trinajstić information content (AvgIpc) is 2.67. The molecule has 0 amide bonds. The van der Waals surface area contributed by atoms with E-state index in [0.29, 0.717) is 45.0 Å². The van der Waals surface area contributed by atoms with Gasteiger partial charge in [-0.25, -0.2) is 4.98 Å². The molecule has 0 unspecified atom stereocenters. The van der Waals surface area contributed by atoms with Gasteiger partial charge in [0.2, 0.25) is 0 Å². The van der Waals surface area contributed by atoms with Gasteiger partial charge in [-0.15, -0.1) is 0 Å². The van der Waals surface area contributed by atoms with Crippen LogP contribution in [0.4, 0.5) is 11.5 Å². The van der Waals surface area contributed by atoms with E-state index in [2.05, 4.69) is 10.3 Å². The topological polar surface area (TPSA) is 61.8 Å². The molecule has 0 atom stereocenters. The third-order valence-corrected chi connectivity index (χ3v) is 4.25. The first-order chi connectivity index (χ1) is 12.6. The molecule has 6 nitrogen and oxygen atoms in total. The van der Waals surface area contributed by atoms with Gasteiger partial charge in [0.1, 0.15) is 34.3 Å². The zero-order chi connectivity index (χ0) is 18.7. The second-order valence-electron chi connectivity index (χ2n) is 5.38. The Bertz CT molecular complexity index is 946. The number of ether oxygens (including phenoxy) is 4. The van der Waals surface area contributed by atoms with Crippen molar-refractivity contribution in [3.05, 3.63) is 41.4 Å². The van der Waals surface area contributed by atoms with E-state index in [1.54, 1.807) is 46.6 Å². The Morgan fingerprint density at radius 1 is 0.808 bits per heavy atom. The van der Waals surface area contributed by atoms with Crippen molar-refractivity contribution < 1.29 is 18.9 Å². The lowest BCUT2D eigenvalue weighted by Gasteiger charge is -2.15. The summed E-state index contributed by atoms with van der Waals surface area (Å²) in [5.74, 6) is 3.09. The van der Waals surface area contributed by atoms with Gasteiger partial charge in [-0.2, -0.15) is 0 Å². The number of nitrogens with one attached hydrogen (secondary N) is 1. The molecule has 1 heterocycles. The van der Waals surface area contributed by atoms with Gasteiger partial charge in [-0.3, -0.25) is 0 Å². The molecule has 26 heavy (non-hydrogen) atoms. The van der Waals surface area contributed by atoms with Gasteiger partial charge in [0.25, 0.3) is 0 Å². The fourth-order valence-electron chi connectivity index (χ4n) is 2.65. The summed E-state index contributed by atoms with van der Waals surface area (Å²) in [4.78, 5) is 4.64. The number of methoxy groups -OCH3 is 4. The second-order valence-corrected chi connectivity index (χ2v) is 5.78. The van der Waals surface area contributed by atoms with Crippen LogP contribution in [0.5, 0.6) is 23.0 Å². The van der Waals surface area contributed by atoms with Gasteiger partial charge >= 0.3 is 0 Å². The second kappa shape index (κ2) is 7.58. The van der Waals surface area contributed by atoms with Crippen LogP contribution >= 0.6 is 11.6 Å². The minimum absolute atomic E-state index is 0.439. The molecule has 3 rings (SSSR count). The van der Waals surface area contributed by atoms with Crippen LogP contribution in [0.25, 0.3) is 10.9 Å². The fourth-order valence-corrected chi connectivity index (χ4v) is 2.85. The first-order valence-corrected chi connectivity index (χ1v) is 8.19. The number of hydrogen-bond acceptors (Lipinski definition) is 6. The Hall–Kier alpha value is -2.86. The minimum atomic E-state index is 0.439. The van der Waals surface area contributed by atoms with Crippen LogP contribution in [0.1, 0.15) is 0 Å². The highest BCUT2D eigenvalue weighted by Gasteiger charge is 2.15. The minimum Gasteiger partial charge on any atom is -0.497 e. The van der Waals surface area contributed by atoms with Crippen LogP contribution < -0.4 is 24.3 Å². The quantitative estimate of drug-likeness (QED) is 0.676. The number of fused-ring (bicyclic) bond motifs is 1. The fraction of sp³-hybridized carbons (Fsp3) is 0.211. The van der Waals surface area contributed by atoms with Crippen LogP contribution in [-0.4, -0.2) is 33.4 Å². The first kappa shape index (κ1) is 17.9. The molecular formula is C19H19ClN2O4. The summed E-state index contributed by atoms with van der Waals surface area (Å²) in [7, 11) is 6.39. The van der Waals surface area contributed by atoms with E-state index < -0.39 is 0 Å². The van der Waals surface area contributed by atoms with Gasteiger partial charge in [0, 0.05) is 11.5 Å². The highest BCUT2D eigenvalue weighted by molar-refractivity contribution is 6.34. The van der Waals surface area contributed by atoms with Crippen LogP contribution in [0, 0.1) is 0 Å². The third-order valence-electron chi connectivity index (χ3n) is 3.96. The summed E-state index contributed by atoms with van der Waals surface area (Å²) in [6.07, 6.45) is 0. The molecule has 0 spiro atoms. The zero-order valence-electron chi connectivity index (χ0n) is 14.9. The molecule has 1 aromatic heterocycles. The van der Waals surface area contributed by atoms with Crippen molar-refractivity contribution in [2.75, 3.05) is 33.8 Å². The summed E-state index contributed by atoms with van der Waals surface area (Å²) < 4.78 is 21.5. The lowest BCUT2D eigenvalue weighted by molar-refractivity contribution is 0.405. The van der Waals surface area contributed by atoms with Crippen molar-refractivity contribution in [2.24, 2.45) is 0 Å². The van der Waals surface area contributed by atoms with Crippen molar-refractivity contribution in [3.63, 3.8) is 0 Å². The number of anilines is 2. The van der Waals surface area contributed by atoms with E-state index in [-0.39, 0.29) is 0 Å². The molecule has 0 aliphatic carbocycles. The number of nitrogens with zero attached hydrogens (tertiary/aromatic N) is 1. The molecule has 0 saturated carbocycles. The standard InChI is InChI=1S/C19H19ClN2O4/c1-23-11-5-6-16(25-3)14(9-11)21-19-13(20)10-12-15(24-2)7-8-17(26-4)18(12)22-19/h5-10H,1-4H3,(H,21,22). The molecule has 3 aromatic rings. The third kappa shape index (κ3) is 3.28. The highest BCUT2D eigenvalue weighted by Crippen LogP contribution is 2.38. The Morgan fingerprint density at radius 3 is 2.12 bits per heavy atom. The summed E-state index contributed by atoms with van der Waals surface area (Å²) >= 11 is 6.45. The molecule has 0 bridgehead atoms. The van der Waals surface area contributed by atoms with Crippen molar-refractivity contribution >= 4 is 34.0 Å². The van der Waals surface area contributed by atoms with Crippen LogP contribution in [0.15, 0.2) is 36.4 Å². The Balaban J connectivity index is 2.13. The van der Waals surface area contributed by atoms with E-state index in [9.17, 15) is 0 Å². The highest BCUT2D eigenvalue weighted by atomic mass is 35.5. The number of aromatic nitrogens is 1. The van der Waals surface area contributed by atoms with Crippen molar-refractivity contribution in [1.29, 1.82) is 0 Å². The maximum atomic E-state index is 6.45. The van der Waals surface area contributed by atoms with Crippen LogP contribution in [-0.2, 0) is 0 Å². The number of benzene rings is 2. The number of hydrogen-bond donors (Lipinski definition) is 1. The summed E-state index contributed by atoms with van der Waals surface area (Å²) in [6.45, 7) is 0. The predicted octanol–water partition coefficient (Wildman–Crippen LogP) is 4.67. The smallest absolute Gasteiger partial charge is 0.150 e. The summed E-state index contributed by atoms with van der Waals surface area (Å²) in [6, 6.07) is 10.8. The van der Waals surface area contributed by atoms with Gasteiger partial charge < -0.3 is 24.3 Å². The number of rotatable bonds is 6. The van der Waals surface area contributed by atoms with Crippen LogP contribution in [0.2, 0.25) is 5.02 Å². The number of halogens is 1. The van der Waals surface area contributed by atoms with Crippen LogP contribution in [0.3, 0.4) is 0 Å². The van der Waals surface area contributed by atoms with Crippen molar-refractivity contribution in [2.45, 2.75) is 0 Å². The van der Waals surface area contributed by atoms with Crippen molar-refractivity contribution in [1.82, 2.24) is 4.98 Å². The average molecular weight is 375 g/mol. The molecule has 0 fully saturated rings. The normalized spacial score (nSPS) is 10.5. The van der Waals surface area contributed by atoms with Gasteiger partial charge in [0.15, 0.2) is 0 Å². The van der Waals surface area contributed by atoms with Gasteiger partial charge in [-0.1, -0.05) is 11.6 Å². The van der Waals surface area contributed by atoms with E-state index in [1.165, 1.54) is 0 Å². The Labute approximate surface area is 156 Å². The molecule has 0 aliphatic heterocycles. The molecular weight excluding hydrogens is 356 g/mol. The molecule has 0 saturated heterocycles. The molecule has 136 valence electrons. The summed E-state index contributed by atoms with van der Waals surface area (Å²) in [5.41, 5.74) is 1.32. The molecule has 0 radical (unpaired) electrons. The largest absolute Gasteiger partial charge is 0.497 e. The molecule has 1 N–H and O–H groups in total. The van der Waals surface area contributed by atoms with Gasteiger partial charge in [-0.05, 0) is 30.3 Å². The lowest BCUT2D eigenvalue weighted by Crippen LogP contribution is -2.00. The van der Waals surface area contributed by atoms with E-state index in [4.69, 9.17) is 30.5 Å². The zero-order valence-corrected chi connectivity index (χ0v) is 15.7. The maximum absolute atomic E-state index is 6.45. The SMILES string of the molecule is COc1ccc(OC)c(Nc2nc3c(OC)ccc(OC)c3cc2Cl)c1. The monoisotopic (exact) mass is 374 g/mol. The van der Waals surface area contributed by atoms with E-state index in [0.717, 1.165) is 5.39 Å². The van der Waals surface area contributed by atoms with Crippen molar-refractivity contribution in [3.8, 4) is 23.0 Å². The number of pyridine rings is 1. The molecule has 0 aliphatic rings. The lowest BCUT2D eigenvalue weighted by atomic mass is 10.1.